The molecule has 5 heteroatoms. The molecule has 1 aliphatic rings. The van der Waals surface area contributed by atoms with E-state index >= 15 is 0 Å². The second-order valence-corrected chi connectivity index (χ2v) is 5.63. The van der Waals surface area contributed by atoms with Crippen molar-refractivity contribution in [2.24, 2.45) is 0 Å². The minimum absolute atomic E-state index is 0.112. The lowest BCUT2D eigenvalue weighted by molar-refractivity contribution is -0.124. The molecule has 100 valence electrons. The Morgan fingerprint density at radius 3 is 3.28 bits per heavy atom. The fourth-order valence-electron chi connectivity index (χ4n) is 2.07. The zero-order chi connectivity index (χ0) is 12.8. The predicted octanol–water partition coefficient (Wildman–Crippen LogP) is 1.13. The van der Waals surface area contributed by atoms with E-state index in [-0.39, 0.29) is 12.0 Å². The van der Waals surface area contributed by atoms with Gasteiger partial charge in [-0.3, -0.25) is 9.69 Å². The molecule has 1 amide bonds. The van der Waals surface area contributed by atoms with Crippen LogP contribution in [-0.4, -0.2) is 49.7 Å². The average Bonchev–Trinajstić information content (AvgIpc) is 2.82. The summed E-state index contributed by atoms with van der Waals surface area (Å²) in [6.07, 6.45) is 1.15. The molecular weight excluding hydrogens is 248 g/mol. The molecule has 0 unspecified atom stereocenters. The molecule has 4 nitrogen and oxygen atoms in total. The first-order valence-corrected chi connectivity index (χ1v) is 7.25. The number of hydrogen-bond donors (Lipinski definition) is 1. The lowest BCUT2D eigenvalue weighted by atomic mass is 10.3. The lowest BCUT2D eigenvalue weighted by Crippen LogP contribution is -2.46. The Morgan fingerprint density at radius 2 is 2.56 bits per heavy atom. The zero-order valence-corrected chi connectivity index (χ0v) is 11.5. The van der Waals surface area contributed by atoms with Crippen molar-refractivity contribution in [3.63, 3.8) is 0 Å². The van der Waals surface area contributed by atoms with Gasteiger partial charge in [0.2, 0.25) is 5.91 Å². The van der Waals surface area contributed by atoms with Crippen LogP contribution in [0.1, 0.15) is 11.8 Å². The van der Waals surface area contributed by atoms with Crippen LogP contribution < -0.4 is 5.32 Å². The normalized spacial score (nSPS) is 20.8. The van der Waals surface area contributed by atoms with Crippen molar-refractivity contribution in [2.45, 2.75) is 19.4 Å². The van der Waals surface area contributed by atoms with E-state index in [0.717, 1.165) is 32.7 Å². The van der Waals surface area contributed by atoms with E-state index < -0.39 is 0 Å². The van der Waals surface area contributed by atoms with E-state index in [0.29, 0.717) is 6.54 Å². The van der Waals surface area contributed by atoms with Crippen LogP contribution in [0.25, 0.3) is 0 Å². The Morgan fingerprint density at radius 1 is 1.67 bits per heavy atom. The van der Waals surface area contributed by atoms with Crippen LogP contribution in [0.2, 0.25) is 0 Å². The number of carbonyl (C=O) groups excluding carboxylic acids is 1. The van der Waals surface area contributed by atoms with Crippen molar-refractivity contribution in [3.8, 4) is 0 Å². The summed E-state index contributed by atoms with van der Waals surface area (Å²) < 4.78 is 5.45. The molecule has 0 saturated carbocycles. The van der Waals surface area contributed by atoms with Gasteiger partial charge in [-0.2, -0.15) is 0 Å². The molecule has 2 rings (SSSR count). The fourth-order valence-corrected chi connectivity index (χ4v) is 2.78. The summed E-state index contributed by atoms with van der Waals surface area (Å²) in [7, 11) is 0. The van der Waals surface area contributed by atoms with E-state index in [1.54, 1.807) is 11.3 Å². The Bertz CT molecular complexity index is 367. The van der Waals surface area contributed by atoms with Gasteiger partial charge in [0.1, 0.15) is 0 Å². The average molecular weight is 268 g/mol. The standard InChI is InChI=1S/C13H20N2O2S/c1-11-9-15(6-7-17-11)10-13(16)14-5-4-12-3-2-8-18-12/h2-3,8,11H,4-7,9-10H2,1H3,(H,14,16)/t11-/m0/s1. The third-order valence-electron chi connectivity index (χ3n) is 2.97. The molecule has 0 aromatic carbocycles. The molecule has 1 aromatic rings. The second kappa shape index (κ2) is 6.87. The van der Waals surface area contributed by atoms with Crippen molar-refractivity contribution in [2.75, 3.05) is 32.8 Å². The third kappa shape index (κ3) is 4.40. The molecule has 1 aromatic heterocycles. The van der Waals surface area contributed by atoms with Crippen LogP contribution in [0.15, 0.2) is 17.5 Å². The molecule has 0 radical (unpaired) electrons. The highest BCUT2D eigenvalue weighted by Crippen LogP contribution is 2.08. The van der Waals surface area contributed by atoms with E-state index in [2.05, 4.69) is 21.7 Å². The molecule has 1 saturated heterocycles. The minimum Gasteiger partial charge on any atom is -0.376 e. The summed E-state index contributed by atoms with van der Waals surface area (Å²) in [5.74, 6) is 0.112. The summed E-state index contributed by atoms with van der Waals surface area (Å²) >= 11 is 1.73. The number of morpholine rings is 1. The van der Waals surface area contributed by atoms with Crippen LogP contribution in [0.3, 0.4) is 0 Å². The van der Waals surface area contributed by atoms with E-state index in [4.69, 9.17) is 4.74 Å². The SMILES string of the molecule is C[C@H]1CN(CC(=O)NCCc2cccs2)CCO1. The number of carbonyl (C=O) groups is 1. The summed E-state index contributed by atoms with van der Waals surface area (Å²) in [6.45, 7) is 5.67. The van der Waals surface area contributed by atoms with Gasteiger partial charge in [-0.25, -0.2) is 0 Å². The first-order chi connectivity index (χ1) is 8.74. The molecule has 1 atom stereocenters. The smallest absolute Gasteiger partial charge is 0.234 e. The molecule has 1 fully saturated rings. The van der Waals surface area contributed by atoms with E-state index in [9.17, 15) is 4.79 Å². The van der Waals surface area contributed by atoms with Gasteiger partial charge in [0.15, 0.2) is 0 Å². The van der Waals surface area contributed by atoms with Gasteiger partial charge in [-0.05, 0) is 24.8 Å². The molecule has 1 aliphatic heterocycles. The molecular formula is C13H20N2O2S. The number of amides is 1. The first kappa shape index (κ1) is 13.5. The topological polar surface area (TPSA) is 41.6 Å². The highest BCUT2D eigenvalue weighted by Gasteiger charge is 2.18. The first-order valence-electron chi connectivity index (χ1n) is 6.37. The number of ether oxygens (including phenoxy) is 1. The Hall–Kier alpha value is -0.910. The molecule has 1 N–H and O–H groups in total. The Balaban J connectivity index is 1.62. The molecule has 0 bridgehead atoms. The fraction of sp³-hybridized carbons (Fsp3) is 0.615. The van der Waals surface area contributed by atoms with Crippen molar-refractivity contribution in [1.29, 1.82) is 0 Å². The summed E-state index contributed by atoms with van der Waals surface area (Å²) in [5.41, 5.74) is 0. The Kier molecular flexibility index (Phi) is 5.16. The molecule has 18 heavy (non-hydrogen) atoms. The number of rotatable bonds is 5. The van der Waals surface area contributed by atoms with E-state index in [1.165, 1.54) is 4.88 Å². The maximum Gasteiger partial charge on any atom is 0.234 e. The second-order valence-electron chi connectivity index (χ2n) is 4.60. The number of thiophene rings is 1. The Labute approximate surface area is 112 Å². The van der Waals surface area contributed by atoms with Gasteiger partial charge in [0.05, 0.1) is 19.3 Å². The minimum atomic E-state index is 0.112. The summed E-state index contributed by atoms with van der Waals surface area (Å²) in [5, 5.41) is 5.03. The highest BCUT2D eigenvalue weighted by molar-refractivity contribution is 7.09. The lowest BCUT2D eigenvalue weighted by Gasteiger charge is -2.30. The van der Waals surface area contributed by atoms with Gasteiger partial charge in [0, 0.05) is 24.5 Å². The van der Waals surface area contributed by atoms with Crippen LogP contribution in [0, 0.1) is 0 Å². The van der Waals surface area contributed by atoms with Gasteiger partial charge in [-0.1, -0.05) is 6.07 Å². The largest absolute Gasteiger partial charge is 0.376 e. The van der Waals surface area contributed by atoms with Crippen molar-refractivity contribution in [3.05, 3.63) is 22.4 Å². The van der Waals surface area contributed by atoms with Gasteiger partial charge in [0.25, 0.3) is 0 Å². The van der Waals surface area contributed by atoms with Crippen LogP contribution >= 0.6 is 11.3 Å². The summed E-state index contributed by atoms with van der Waals surface area (Å²) in [4.78, 5) is 15.2. The van der Waals surface area contributed by atoms with E-state index in [1.807, 2.05) is 13.0 Å². The maximum absolute atomic E-state index is 11.8. The number of hydrogen-bond acceptors (Lipinski definition) is 4. The number of nitrogens with one attached hydrogen (secondary N) is 1. The van der Waals surface area contributed by atoms with Crippen molar-refractivity contribution in [1.82, 2.24) is 10.2 Å². The van der Waals surface area contributed by atoms with Crippen molar-refractivity contribution >= 4 is 17.2 Å². The van der Waals surface area contributed by atoms with Crippen LogP contribution in [0.4, 0.5) is 0 Å². The van der Waals surface area contributed by atoms with Crippen LogP contribution in [0.5, 0.6) is 0 Å². The number of nitrogens with zero attached hydrogens (tertiary/aromatic N) is 1. The van der Waals surface area contributed by atoms with Gasteiger partial charge in [-0.15, -0.1) is 11.3 Å². The third-order valence-corrected chi connectivity index (χ3v) is 3.90. The highest BCUT2D eigenvalue weighted by atomic mass is 32.1. The molecule has 0 spiro atoms. The predicted molar refractivity (Wildman–Crippen MR) is 72.9 cm³/mol. The maximum atomic E-state index is 11.8. The monoisotopic (exact) mass is 268 g/mol. The molecule has 0 aliphatic carbocycles. The molecule has 2 heterocycles. The van der Waals surface area contributed by atoms with Gasteiger partial charge < -0.3 is 10.1 Å². The van der Waals surface area contributed by atoms with Gasteiger partial charge >= 0.3 is 0 Å². The van der Waals surface area contributed by atoms with Crippen molar-refractivity contribution < 1.29 is 9.53 Å². The summed E-state index contributed by atoms with van der Waals surface area (Å²) in [6, 6.07) is 4.14. The van der Waals surface area contributed by atoms with Crippen LogP contribution in [-0.2, 0) is 16.0 Å². The zero-order valence-electron chi connectivity index (χ0n) is 10.7. The quantitative estimate of drug-likeness (QED) is 0.870.